The second kappa shape index (κ2) is 7.60. The molecule has 2 rings (SSSR count). The molecule has 20 heavy (non-hydrogen) atoms. The van der Waals surface area contributed by atoms with E-state index in [-0.39, 0.29) is 5.82 Å². The van der Waals surface area contributed by atoms with Gasteiger partial charge in [0.25, 0.3) is 0 Å². The number of halogens is 1. The highest BCUT2D eigenvalue weighted by atomic mass is 19.1. The van der Waals surface area contributed by atoms with Gasteiger partial charge < -0.3 is 10.5 Å². The number of piperidine rings is 1. The Bertz CT molecular complexity index is 396. The van der Waals surface area contributed by atoms with Crippen LogP contribution in [-0.2, 0) is 0 Å². The predicted molar refractivity (Wildman–Crippen MR) is 79.4 cm³/mol. The number of rotatable bonds is 6. The Morgan fingerprint density at radius 2 is 2.05 bits per heavy atom. The summed E-state index contributed by atoms with van der Waals surface area (Å²) in [7, 11) is 0. The van der Waals surface area contributed by atoms with E-state index in [4.69, 9.17) is 10.5 Å². The third-order valence-corrected chi connectivity index (χ3v) is 4.11. The molecule has 0 spiro atoms. The molecule has 0 bridgehead atoms. The van der Waals surface area contributed by atoms with E-state index in [1.54, 1.807) is 12.1 Å². The first-order chi connectivity index (χ1) is 9.70. The second-order valence-electron chi connectivity index (χ2n) is 5.56. The molecule has 1 aliphatic heterocycles. The summed E-state index contributed by atoms with van der Waals surface area (Å²) < 4.78 is 18.4. The summed E-state index contributed by atoms with van der Waals surface area (Å²) in [6.45, 7) is 4.70. The van der Waals surface area contributed by atoms with Gasteiger partial charge in [-0.2, -0.15) is 0 Å². The average Bonchev–Trinajstić information content (AvgIpc) is 2.46. The van der Waals surface area contributed by atoms with Gasteiger partial charge in [0, 0.05) is 25.2 Å². The number of nitrogens with two attached hydrogens (primary N) is 1. The van der Waals surface area contributed by atoms with Crippen molar-refractivity contribution in [3.8, 4) is 5.75 Å². The molecule has 1 heterocycles. The van der Waals surface area contributed by atoms with Crippen molar-refractivity contribution in [2.45, 2.75) is 44.7 Å². The van der Waals surface area contributed by atoms with Crippen LogP contribution in [0.15, 0.2) is 24.3 Å². The lowest BCUT2D eigenvalue weighted by Crippen LogP contribution is -2.49. The molecule has 1 aromatic rings. The number of likely N-dealkylation sites (tertiary alicyclic amines) is 1. The van der Waals surface area contributed by atoms with Crippen LogP contribution in [0.25, 0.3) is 0 Å². The lowest BCUT2D eigenvalue weighted by atomic mass is 9.96. The van der Waals surface area contributed by atoms with Gasteiger partial charge in [0.1, 0.15) is 11.6 Å². The van der Waals surface area contributed by atoms with E-state index in [0.717, 1.165) is 25.3 Å². The Morgan fingerprint density at radius 3 is 2.75 bits per heavy atom. The Labute approximate surface area is 120 Å². The van der Waals surface area contributed by atoms with Gasteiger partial charge >= 0.3 is 0 Å². The summed E-state index contributed by atoms with van der Waals surface area (Å²) in [5, 5.41) is 0. The van der Waals surface area contributed by atoms with Crippen LogP contribution in [0.2, 0.25) is 0 Å². The Balaban J connectivity index is 1.72. The Morgan fingerprint density at radius 1 is 1.30 bits per heavy atom. The maximum atomic E-state index is 12.8. The van der Waals surface area contributed by atoms with Crippen LogP contribution < -0.4 is 10.5 Å². The van der Waals surface area contributed by atoms with Crippen molar-refractivity contribution in [2.75, 3.05) is 19.7 Å². The van der Waals surface area contributed by atoms with Gasteiger partial charge in [-0.1, -0.05) is 6.42 Å². The van der Waals surface area contributed by atoms with Crippen LogP contribution in [0, 0.1) is 5.82 Å². The molecule has 1 saturated heterocycles. The molecule has 112 valence electrons. The first-order valence-corrected chi connectivity index (χ1v) is 7.55. The normalized spacial score (nSPS) is 23.8. The molecule has 1 aliphatic rings. The summed E-state index contributed by atoms with van der Waals surface area (Å²) in [4.78, 5) is 2.51. The van der Waals surface area contributed by atoms with Crippen LogP contribution in [0.3, 0.4) is 0 Å². The topological polar surface area (TPSA) is 38.5 Å². The highest BCUT2D eigenvalue weighted by Crippen LogP contribution is 2.22. The van der Waals surface area contributed by atoms with Crippen molar-refractivity contribution in [1.29, 1.82) is 0 Å². The van der Waals surface area contributed by atoms with E-state index in [1.807, 2.05) is 0 Å². The standard InChI is InChI=1S/C16H25FN2O/c1-13-4-2-5-15(12-18)19(13)10-3-11-20-16-8-6-14(17)7-9-16/h6-9,13,15H,2-5,10-12,18H2,1H3. The number of hydrogen-bond acceptors (Lipinski definition) is 3. The summed E-state index contributed by atoms with van der Waals surface area (Å²) >= 11 is 0. The lowest BCUT2D eigenvalue weighted by molar-refractivity contribution is 0.0903. The van der Waals surface area contributed by atoms with Gasteiger partial charge in [0.05, 0.1) is 6.61 Å². The first kappa shape index (κ1) is 15.3. The smallest absolute Gasteiger partial charge is 0.123 e. The van der Waals surface area contributed by atoms with Crippen molar-refractivity contribution in [2.24, 2.45) is 5.73 Å². The summed E-state index contributed by atoms with van der Waals surface area (Å²) in [5.41, 5.74) is 5.86. The number of benzene rings is 1. The van der Waals surface area contributed by atoms with E-state index >= 15 is 0 Å². The lowest BCUT2D eigenvalue weighted by Gasteiger charge is -2.40. The molecule has 2 unspecified atom stereocenters. The van der Waals surface area contributed by atoms with Gasteiger partial charge in [-0.3, -0.25) is 4.90 Å². The fraction of sp³-hybridized carbons (Fsp3) is 0.625. The fourth-order valence-corrected chi connectivity index (χ4v) is 2.96. The molecule has 0 radical (unpaired) electrons. The molecule has 1 aromatic carbocycles. The zero-order valence-corrected chi connectivity index (χ0v) is 12.2. The summed E-state index contributed by atoms with van der Waals surface area (Å²) in [5.74, 6) is 0.499. The highest BCUT2D eigenvalue weighted by Gasteiger charge is 2.25. The fourth-order valence-electron chi connectivity index (χ4n) is 2.96. The van der Waals surface area contributed by atoms with Crippen LogP contribution in [0.4, 0.5) is 4.39 Å². The van der Waals surface area contributed by atoms with Crippen LogP contribution >= 0.6 is 0 Å². The molecule has 1 fully saturated rings. The van der Waals surface area contributed by atoms with E-state index in [9.17, 15) is 4.39 Å². The molecule has 0 saturated carbocycles. The molecule has 2 atom stereocenters. The maximum absolute atomic E-state index is 12.8. The molecule has 3 nitrogen and oxygen atoms in total. The van der Waals surface area contributed by atoms with E-state index in [1.165, 1.54) is 31.4 Å². The van der Waals surface area contributed by atoms with Crippen LogP contribution in [-0.4, -0.2) is 36.7 Å². The molecule has 0 amide bonds. The molecule has 0 aromatic heterocycles. The first-order valence-electron chi connectivity index (χ1n) is 7.55. The number of ether oxygens (including phenoxy) is 1. The molecular weight excluding hydrogens is 255 g/mol. The quantitative estimate of drug-likeness (QED) is 0.814. The predicted octanol–water partition coefficient (Wildman–Crippen LogP) is 2.80. The maximum Gasteiger partial charge on any atom is 0.123 e. The van der Waals surface area contributed by atoms with Crippen LogP contribution in [0.5, 0.6) is 5.75 Å². The average molecular weight is 280 g/mol. The van der Waals surface area contributed by atoms with Gasteiger partial charge in [-0.15, -0.1) is 0 Å². The molecule has 0 aliphatic carbocycles. The number of nitrogens with zero attached hydrogens (tertiary/aromatic N) is 1. The summed E-state index contributed by atoms with van der Waals surface area (Å²) in [6, 6.07) is 7.31. The summed E-state index contributed by atoms with van der Waals surface area (Å²) in [6.07, 6.45) is 4.72. The number of hydrogen-bond donors (Lipinski definition) is 1. The zero-order chi connectivity index (χ0) is 14.4. The van der Waals surface area contributed by atoms with Crippen LogP contribution in [0.1, 0.15) is 32.6 Å². The van der Waals surface area contributed by atoms with Crippen molar-refractivity contribution in [1.82, 2.24) is 4.90 Å². The van der Waals surface area contributed by atoms with Gasteiger partial charge in [0.15, 0.2) is 0 Å². The monoisotopic (exact) mass is 280 g/mol. The minimum Gasteiger partial charge on any atom is -0.494 e. The third kappa shape index (κ3) is 4.18. The van der Waals surface area contributed by atoms with E-state index < -0.39 is 0 Å². The minimum atomic E-state index is -0.231. The molecule has 2 N–H and O–H groups in total. The highest BCUT2D eigenvalue weighted by molar-refractivity contribution is 5.21. The Hall–Kier alpha value is -1.13. The second-order valence-corrected chi connectivity index (χ2v) is 5.56. The van der Waals surface area contributed by atoms with Gasteiger partial charge in [-0.25, -0.2) is 4.39 Å². The zero-order valence-electron chi connectivity index (χ0n) is 12.2. The third-order valence-electron chi connectivity index (χ3n) is 4.11. The van der Waals surface area contributed by atoms with Gasteiger partial charge in [-0.05, 0) is 50.5 Å². The Kier molecular flexibility index (Phi) is 5.80. The largest absolute Gasteiger partial charge is 0.494 e. The van der Waals surface area contributed by atoms with E-state index in [2.05, 4.69) is 11.8 Å². The van der Waals surface area contributed by atoms with E-state index in [0.29, 0.717) is 18.7 Å². The van der Waals surface area contributed by atoms with Crippen molar-refractivity contribution in [3.05, 3.63) is 30.1 Å². The SMILES string of the molecule is CC1CCCC(CN)N1CCCOc1ccc(F)cc1. The molecule has 4 heteroatoms. The minimum absolute atomic E-state index is 0.231. The van der Waals surface area contributed by atoms with Crippen molar-refractivity contribution in [3.63, 3.8) is 0 Å². The van der Waals surface area contributed by atoms with Gasteiger partial charge in [0.2, 0.25) is 0 Å². The van der Waals surface area contributed by atoms with Crippen molar-refractivity contribution < 1.29 is 9.13 Å². The molecular formula is C16H25FN2O. The van der Waals surface area contributed by atoms with Crippen molar-refractivity contribution >= 4 is 0 Å².